The van der Waals surface area contributed by atoms with Crippen LogP contribution in [0.1, 0.15) is 59.3 Å². The quantitative estimate of drug-likeness (QED) is 0.499. The zero-order valence-electron chi connectivity index (χ0n) is 13.3. The van der Waals surface area contributed by atoms with E-state index in [1.165, 1.54) is 57.0 Å². The zero-order chi connectivity index (χ0) is 14.0. The predicted octanol–water partition coefficient (Wildman–Crippen LogP) is 5.46. The van der Waals surface area contributed by atoms with Crippen molar-refractivity contribution in [2.75, 3.05) is 18.5 Å². The molecule has 1 rings (SSSR count). The van der Waals surface area contributed by atoms with Crippen LogP contribution in [0.3, 0.4) is 0 Å². The van der Waals surface area contributed by atoms with E-state index in [1.54, 1.807) is 5.30 Å². The molecule has 0 heterocycles. The normalized spacial score (nSPS) is 12.6. The molecule has 0 saturated carbocycles. The second kappa shape index (κ2) is 9.54. The molecule has 0 aliphatic carbocycles. The summed E-state index contributed by atoms with van der Waals surface area (Å²) in [6.45, 7) is 7.01. The summed E-state index contributed by atoms with van der Waals surface area (Å²) >= 11 is 0. The van der Waals surface area contributed by atoms with Gasteiger partial charge in [-0.3, -0.25) is 0 Å². The van der Waals surface area contributed by atoms with Gasteiger partial charge in [-0.15, -0.1) is 0 Å². The number of hydrogen-bond donors (Lipinski definition) is 0. The maximum atomic E-state index is 2.42. The number of benzene rings is 1. The molecule has 0 bridgehead atoms. The van der Waals surface area contributed by atoms with Gasteiger partial charge in [0.2, 0.25) is 0 Å². The summed E-state index contributed by atoms with van der Waals surface area (Å²) in [6.07, 6.45) is 12.8. The van der Waals surface area contributed by atoms with Gasteiger partial charge < -0.3 is 0 Å². The summed E-state index contributed by atoms with van der Waals surface area (Å²) < 4.78 is 0. The van der Waals surface area contributed by atoms with Crippen LogP contribution in [-0.4, -0.2) is 18.5 Å². The van der Waals surface area contributed by atoms with E-state index in [2.05, 4.69) is 51.1 Å². The predicted molar refractivity (Wildman–Crippen MR) is 93.7 cm³/mol. The molecule has 1 aromatic carbocycles. The van der Waals surface area contributed by atoms with E-state index in [-0.39, 0.29) is 0 Å². The summed E-state index contributed by atoms with van der Waals surface area (Å²) in [5, 5.41) is 1.73. The Kier molecular flexibility index (Phi) is 8.38. The Morgan fingerprint density at radius 3 is 1.47 bits per heavy atom. The van der Waals surface area contributed by atoms with Gasteiger partial charge in [-0.05, 0) is 0 Å². The Labute approximate surface area is 121 Å². The van der Waals surface area contributed by atoms with Gasteiger partial charge in [0.15, 0.2) is 0 Å². The van der Waals surface area contributed by atoms with Crippen LogP contribution >= 0.6 is 7.26 Å². The molecule has 0 unspecified atom stereocenters. The van der Waals surface area contributed by atoms with Crippen molar-refractivity contribution < 1.29 is 0 Å². The van der Waals surface area contributed by atoms with Crippen LogP contribution in [0.5, 0.6) is 0 Å². The van der Waals surface area contributed by atoms with Crippen molar-refractivity contribution in [3.05, 3.63) is 30.3 Å². The topological polar surface area (TPSA) is 0 Å². The van der Waals surface area contributed by atoms with Gasteiger partial charge in [0, 0.05) is 0 Å². The minimum atomic E-state index is -1.23. The molecule has 0 spiro atoms. The van der Waals surface area contributed by atoms with Crippen LogP contribution < -0.4 is 5.30 Å². The maximum absolute atomic E-state index is 2.42. The van der Waals surface area contributed by atoms with Gasteiger partial charge in [-0.25, -0.2) is 0 Å². The first kappa shape index (κ1) is 16.7. The molecule has 1 heteroatoms. The van der Waals surface area contributed by atoms with Gasteiger partial charge in [-0.1, -0.05) is 0 Å². The van der Waals surface area contributed by atoms with Crippen LogP contribution in [-0.2, 0) is 0 Å². The molecule has 0 radical (unpaired) electrons. The van der Waals surface area contributed by atoms with E-state index in [0.717, 1.165) is 0 Å². The Morgan fingerprint density at radius 1 is 0.684 bits per heavy atom. The Bertz CT molecular complexity index is 296. The van der Waals surface area contributed by atoms with E-state index < -0.39 is 7.26 Å². The summed E-state index contributed by atoms with van der Waals surface area (Å²) in [7, 11) is -1.23. The fraction of sp³-hybridized carbons (Fsp3) is 0.667. The van der Waals surface area contributed by atoms with Crippen LogP contribution in [0.15, 0.2) is 30.3 Å². The molecule has 0 atom stereocenters. The molecule has 0 aromatic heterocycles. The second-order valence-corrected chi connectivity index (χ2v) is 10.6. The fourth-order valence-electron chi connectivity index (χ4n) is 3.15. The SMILES string of the molecule is CCCC[PH](CCCC)(CCCC)c1ccccc1. The van der Waals surface area contributed by atoms with Crippen molar-refractivity contribution in [1.82, 2.24) is 0 Å². The second-order valence-electron chi connectivity index (χ2n) is 5.96. The van der Waals surface area contributed by atoms with E-state index in [1.807, 2.05) is 0 Å². The van der Waals surface area contributed by atoms with E-state index >= 15 is 0 Å². The van der Waals surface area contributed by atoms with E-state index in [4.69, 9.17) is 0 Å². The van der Waals surface area contributed by atoms with Gasteiger partial charge in [-0.2, -0.15) is 0 Å². The average molecular weight is 280 g/mol. The first-order valence-electron chi connectivity index (χ1n) is 8.34. The number of hydrogen-bond acceptors (Lipinski definition) is 0. The third-order valence-electron chi connectivity index (χ3n) is 4.41. The van der Waals surface area contributed by atoms with Crippen molar-refractivity contribution in [3.63, 3.8) is 0 Å². The summed E-state index contributed by atoms with van der Waals surface area (Å²) in [6, 6.07) is 11.5. The Morgan fingerprint density at radius 2 is 1.11 bits per heavy atom. The van der Waals surface area contributed by atoms with Gasteiger partial charge in [0.1, 0.15) is 0 Å². The Hall–Kier alpha value is -0.350. The van der Waals surface area contributed by atoms with Gasteiger partial charge in [0.25, 0.3) is 0 Å². The standard InChI is InChI=1S/C18H33P/c1-4-7-15-19(16-8-5-2,17-9-6-3)18-13-11-10-12-14-18/h10-14,19H,4-9,15-17H2,1-3H3. The summed E-state index contributed by atoms with van der Waals surface area (Å²) in [4.78, 5) is 0. The molecule has 19 heavy (non-hydrogen) atoms. The van der Waals surface area contributed by atoms with E-state index in [0.29, 0.717) is 0 Å². The molecule has 0 nitrogen and oxygen atoms in total. The van der Waals surface area contributed by atoms with E-state index in [9.17, 15) is 0 Å². The monoisotopic (exact) mass is 280 g/mol. The van der Waals surface area contributed by atoms with Gasteiger partial charge >= 0.3 is 121 Å². The first-order valence-corrected chi connectivity index (χ1v) is 11.0. The van der Waals surface area contributed by atoms with Crippen LogP contribution in [0.25, 0.3) is 0 Å². The van der Waals surface area contributed by atoms with Crippen molar-refractivity contribution in [2.45, 2.75) is 59.3 Å². The third kappa shape index (κ3) is 5.27. The molecule has 0 aliphatic heterocycles. The summed E-state index contributed by atoms with van der Waals surface area (Å²) in [5.74, 6) is 0. The van der Waals surface area contributed by atoms with Crippen LogP contribution in [0, 0.1) is 0 Å². The molecular weight excluding hydrogens is 247 g/mol. The molecule has 0 amide bonds. The molecule has 0 N–H and O–H groups in total. The van der Waals surface area contributed by atoms with Crippen molar-refractivity contribution in [1.29, 1.82) is 0 Å². The van der Waals surface area contributed by atoms with Crippen LogP contribution in [0.2, 0.25) is 0 Å². The molecule has 0 fully saturated rings. The minimum absolute atomic E-state index is 1.23. The molecule has 0 saturated heterocycles. The number of rotatable bonds is 10. The fourth-order valence-corrected chi connectivity index (χ4v) is 8.75. The van der Waals surface area contributed by atoms with Gasteiger partial charge in [0.05, 0.1) is 0 Å². The number of unbranched alkanes of at least 4 members (excludes halogenated alkanes) is 3. The van der Waals surface area contributed by atoms with Crippen LogP contribution in [0.4, 0.5) is 0 Å². The third-order valence-corrected chi connectivity index (χ3v) is 9.90. The first-order chi connectivity index (χ1) is 9.29. The van der Waals surface area contributed by atoms with Crippen molar-refractivity contribution in [3.8, 4) is 0 Å². The molecular formula is C18H33P. The summed E-state index contributed by atoms with van der Waals surface area (Å²) in [5.41, 5.74) is 0. The van der Waals surface area contributed by atoms with Crippen molar-refractivity contribution in [2.24, 2.45) is 0 Å². The molecule has 1 aromatic rings. The van der Waals surface area contributed by atoms with Crippen molar-refractivity contribution >= 4 is 12.6 Å². The molecule has 110 valence electrons. The molecule has 0 aliphatic rings. The Balaban J connectivity index is 2.94. The average Bonchev–Trinajstić information content (AvgIpc) is 2.48. The zero-order valence-corrected chi connectivity index (χ0v) is 14.3.